The van der Waals surface area contributed by atoms with Crippen molar-refractivity contribution in [3.05, 3.63) is 12.8 Å². The summed E-state index contributed by atoms with van der Waals surface area (Å²) in [5, 5.41) is 0. The highest BCUT2D eigenvalue weighted by Crippen LogP contribution is 2.60. The average Bonchev–Trinajstić information content (AvgIpc) is 2.87. The Morgan fingerprint density at radius 1 is 1.07 bits per heavy atom. The molecular weight excluding hydrogens is 188 g/mol. The second-order valence-electron chi connectivity index (χ2n) is 5.29. The molecule has 3 fully saturated rings. The highest BCUT2D eigenvalue weighted by Gasteiger charge is 2.60. The minimum Gasteiger partial charge on any atom is -0.496 e. The molecule has 3 saturated carbocycles. The Hall–Kier alpha value is -0.500. The fourth-order valence-corrected chi connectivity index (χ4v) is 4.59. The summed E-state index contributed by atoms with van der Waals surface area (Å²) in [4.78, 5) is 0. The van der Waals surface area contributed by atoms with Crippen LogP contribution in [0.1, 0.15) is 25.7 Å². The lowest BCUT2D eigenvalue weighted by Crippen LogP contribution is -2.42. The number of methoxy groups -OCH3 is 1. The molecule has 2 nitrogen and oxygen atoms in total. The summed E-state index contributed by atoms with van der Waals surface area (Å²) in [7, 11) is 1.83. The van der Waals surface area contributed by atoms with Gasteiger partial charge in [0.25, 0.3) is 0 Å². The van der Waals surface area contributed by atoms with Gasteiger partial charge in [-0.25, -0.2) is 0 Å². The average molecular weight is 208 g/mol. The van der Waals surface area contributed by atoms with Crippen LogP contribution in [0.25, 0.3) is 0 Å². The summed E-state index contributed by atoms with van der Waals surface area (Å²) >= 11 is 0. The number of ether oxygens (including phenoxy) is 2. The molecule has 3 aliphatic carbocycles. The maximum Gasteiger partial charge on any atom is 0.127 e. The molecule has 84 valence electrons. The van der Waals surface area contributed by atoms with Gasteiger partial charge in [0.1, 0.15) is 6.10 Å². The molecule has 0 N–H and O–H groups in total. The van der Waals surface area contributed by atoms with Crippen LogP contribution in [-0.4, -0.2) is 19.3 Å². The maximum absolute atomic E-state index is 5.69. The zero-order valence-corrected chi connectivity index (χ0v) is 9.39. The number of hydrogen-bond donors (Lipinski definition) is 0. The molecule has 0 aromatic rings. The molecule has 0 saturated heterocycles. The minimum absolute atomic E-state index is 0.289. The molecular formula is C13H20O2. The SMILES string of the molecule is C=COC1C2CC(C3CCCC32)C1OC. The molecule has 15 heavy (non-hydrogen) atoms. The van der Waals surface area contributed by atoms with E-state index in [9.17, 15) is 0 Å². The van der Waals surface area contributed by atoms with Crippen molar-refractivity contribution >= 4 is 0 Å². The van der Waals surface area contributed by atoms with Crippen LogP contribution >= 0.6 is 0 Å². The van der Waals surface area contributed by atoms with Crippen molar-refractivity contribution in [1.82, 2.24) is 0 Å². The van der Waals surface area contributed by atoms with E-state index in [-0.39, 0.29) is 6.10 Å². The van der Waals surface area contributed by atoms with Crippen molar-refractivity contribution in [2.45, 2.75) is 37.9 Å². The fraction of sp³-hybridized carbons (Fsp3) is 0.846. The van der Waals surface area contributed by atoms with Crippen LogP contribution < -0.4 is 0 Å². The van der Waals surface area contributed by atoms with Gasteiger partial charge in [-0.2, -0.15) is 0 Å². The van der Waals surface area contributed by atoms with E-state index in [1.54, 1.807) is 6.26 Å². The first-order chi connectivity index (χ1) is 7.36. The van der Waals surface area contributed by atoms with Gasteiger partial charge < -0.3 is 9.47 Å². The van der Waals surface area contributed by atoms with Crippen LogP contribution in [0.4, 0.5) is 0 Å². The Kier molecular flexibility index (Phi) is 2.27. The van der Waals surface area contributed by atoms with Crippen molar-refractivity contribution in [3.63, 3.8) is 0 Å². The summed E-state index contributed by atoms with van der Waals surface area (Å²) in [5.41, 5.74) is 0. The lowest BCUT2D eigenvalue weighted by Gasteiger charge is -2.36. The summed E-state index contributed by atoms with van der Waals surface area (Å²) in [6.45, 7) is 3.68. The first kappa shape index (κ1) is 9.71. The number of rotatable bonds is 3. The normalized spacial score (nSPS) is 51.8. The Labute approximate surface area is 91.6 Å². The molecule has 0 radical (unpaired) electrons. The van der Waals surface area contributed by atoms with E-state index in [0.29, 0.717) is 6.10 Å². The highest BCUT2D eigenvalue weighted by atomic mass is 16.5. The summed E-state index contributed by atoms with van der Waals surface area (Å²) in [5.74, 6) is 3.36. The van der Waals surface area contributed by atoms with E-state index in [2.05, 4.69) is 6.58 Å². The van der Waals surface area contributed by atoms with Gasteiger partial charge in [0.15, 0.2) is 0 Å². The molecule has 3 aliphatic rings. The molecule has 2 heteroatoms. The van der Waals surface area contributed by atoms with E-state index in [1.165, 1.54) is 25.7 Å². The van der Waals surface area contributed by atoms with Crippen LogP contribution in [-0.2, 0) is 9.47 Å². The largest absolute Gasteiger partial charge is 0.496 e. The van der Waals surface area contributed by atoms with Crippen molar-refractivity contribution < 1.29 is 9.47 Å². The first-order valence-corrected chi connectivity index (χ1v) is 6.16. The molecule has 3 rings (SSSR count). The smallest absolute Gasteiger partial charge is 0.127 e. The standard InChI is InChI=1S/C13H20O2/c1-3-15-13-11-7-10(12(13)14-2)8-5-4-6-9(8)11/h3,8-13H,1,4-7H2,2H3. The van der Waals surface area contributed by atoms with Gasteiger partial charge in [-0.15, -0.1) is 0 Å². The van der Waals surface area contributed by atoms with Gasteiger partial charge in [0.2, 0.25) is 0 Å². The van der Waals surface area contributed by atoms with Crippen molar-refractivity contribution in [2.24, 2.45) is 23.7 Å². The Balaban J connectivity index is 1.84. The molecule has 6 atom stereocenters. The first-order valence-electron chi connectivity index (χ1n) is 6.16. The van der Waals surface area contributed by atoms with Crippen LogP contribution in [0.3, 0.4) is 0 Å². The van der Waals surface area contributed by atoms with Crippen molar-refractivity contribution in [1.29, 1.82) is 0 Å². The quantitative estimate of drug-likeness (QED) is 0.664. The van der Waals surface area contributed by atoms with E-state index in [1.807, 2.05) is 7.11 Å². The van der Waals surface area contributed by atoms with Crippen molar-refractivity contribution in [2.75, 3.05) is 7.11 Å². The van der Waals surface area contributed by atoms with Gasteiger partial charge >= 0.3 is 0 Å². The van der Waals surface area contributed by atoms with Crippen LogP contribution in [0.2, 0.25) is 0 Å². The lowest BCUT2D eigenvalue weighted by molar-refractivity contribution is -0.0766. The summed E-state index contributed by atoms with van der Waals surface area (Å²) in [6.07, 6.45) is 7.79. The summed E-state index contributed by atoms with van der Waals surface area (Å²) in [6, 6.07) is 0. The van der Waals surface area contributed by atoms with Gasteiger partial charge in [-0.3, -0.25) is 0 Å². The third-order valence-electron chi connectivity index (χ3n) is 4.96. The Morgan fingerprint density at radius 3 is 2.33 bits per heavy atom. The third kappa shape index (κ3) is 1.20. The highest BCUT2D eigenvalue weighted by molar-refractivity contribution is 5.09. The molecule has 0 aromatic heterocycles. The lowest BCUT2D eigenvalue weighted by atomic mass is 9.78. The minimum atomic E-state index is 0.289. The van der Waals surface area contributed by atoms with Gasteiger partial charge in [0.05, 0.1) is 12.4 Å². The van der Waals surface area contributed by atoms with Gasteiger partial charge in [-0.1, -0.05) is 13.0 Å². The number of hydrogen-bond acceptors (Lipinski definition) is 2. The number of fused-ring (bicyclic) bond motifs is 5. The second kappa shape index (κ2) is 3.51. The van der Waals surface area contributed by atoms with Crippen molar-refractivity contribution in [3.8, 4) is 0 Å². The molecule has 0 aromatic carbocycles. The Morgan fingerprint density at radius 2 is 1.73 bits per heavy atom. The van der Waals surface area contributed by atoms with Crippen LogP contribution in [0.5, 0.6) is 0 Å². The zero-order valence-electron chi connectivity index (χ0n) is 9.39. The van der Waals surface area contributed by atoms with Crippen LogP contribution in [0, 0.1) is 23.7 Å². The van der Waals surface area contributed by atoms with E-state index in [4.69, 9.17) is 9.47 Å². The zero-order chi connectivity index (χ0) is 10.4. The third-order valence-corrected chi connectivity index (χ3v) is 4.96. The fourth-order valence-electron chi connectivity index (χ4n) is 4.59. The predicted octanol–water partition coefficient (Wildman–Crippen LogP) is 2.60. The molecule has 0 heterocycles. The molecule has 0 amide bonds. The predicted molar refractivity (Wildman–Crippen MR) is 58.3 cm³/mol. The van der Waals surface area contributed by atoms with Gasteiger partial charge in [-0.05, 0) is 37.0 Å². The topological polar surface area (TPSA) is 18.5 Å². The van der Waals surface area contributed by atoms with E-state index >= 15 is 0 Å². The molecule has 0 aliphatic heterocycles. The monoisotopic (exact) mass is 208 g/mol. The molecule has 2 bridgehead atoms. The Bertz CT molecular complexity index is 263. The molecule has 6 unspecified atom stereocenters. The second-order valence-corrected chi connectivity index (χ2v) is 5.29. The van der Waals surface area contributed by atoms with Crippen LogP contribution in [0.15, 0.2) is 12.8 Å². The summed E-state index contributed by atoms with van der Waals surface area (Å²) < 4.78 is 11.3. The van der Waals surface area contributed by atoms with E-state index < -0.39 is 0 Å². The molecule has 0 spiro atoms. The maximum atomic E-state index is 5.69. The van der Waals surface area contributed by atoms with Gasteiger partial charge in [0, 0.05) is 13.0 Å². The van der Waals surface area contributed by atoms with E-state index in [0.717, 1.165) is 23.7 Å².